The summed E-state index contributed by atoms with van der Waals surface area (Å²) in [5.74, 6) is 0. The van der Waals surface area contributed by atoms with Crippen molar-refractivity contribution in [3.63, 3.8) is 0 Å². The van der Waals surface area contributed by atoms with Crippen molar-refractivity contribution in [3.8, 4) is 11.3 Å². The standard InChI is InChI=1S/C15H8BrClN2O/c16-10-3-1-9(2-4-10)14-7-11(15(17)20)12-8-18-6-5-13(12)19-14/h1-8H. The molecule has 2 heterocycles. The molecule has 3 nitrogen and oxygen atoms in total. The van der Waals surface area contributed by atoms with Gasteiger partial charge in [-0.25, -0.2) is 4.98 Å². The number of rotatable bonds is 2. The highest BCUT2D eigenvalue weighted by atomic mass is 79.9. The van der Waals surface area contributed by atoms with Crippen LogP contribution in [0, 0.1) is 0 Å². The molecule has 0 unspecified atom stereocenters. The monoisotopic (exact) mass is 346 g/mol. The fraction of sp³-hybridized carbons (Fsp3) is 0. The number of fused-ring (bicyclic) bond motifs is 1. The molecule has 0 N–H and O–H groups in total. The molecule has 0 saturated carbocycles. The zero-order valence-electron chi connectivity index (χ0n) is 10.2. The maximum Gasteiger partial charge on any atom is 0.253 e. The lowest BCUT2D eigenvalue weighted by Gasteiger charge is -2.06. The normalized spacial score (nSPS) is 10.7. The second kappa shape index (κ2) is 5.31. The van der Waals surface area contributed by atoms with Crippen molar-refractivity contribution in [3.05, 3.63) is 58.8 Å². The first-order valence-corrected chi connectivity index (χ1v) is 7.03. The van der Waals surface area contributed by atoms with E-state index in [1.807, 2.05) is 24.3 Å². The first kappa shape index (κ1) is 13.2. The highest BCUT2D eigenvalue weighted by molar-refractivity contribution is 9.10. The van der Waals surface area contributed by atoms with Crippen LogP contribution in [0.25, 0.3) is 22.2 Å². The Balaban J connectivity index is 2.27. The lowest BCUT2D eigenvalue weighted by Crippen LogP contribution is -1.96. The van der Waals surface area contributed by atoms with Crippen LogP contribution in [0.5, 0.6) is 0 Å². The topological polar surface area (TPSA) is 42.9 Å². The number of carbonyl (C=O) groups excluding carboxylic acids is 1. The minimum Gasteiger partial charge on any atom is -0.276 e. The number of nitrogens with zero attached hydrogens (tertiary/aromatic N) is 2. The van der Waals surface area contributed by atoms with Gasteiger partial charge in [-0.05, 0) is 35.9 Å². The lowest BCUT2D eigenvalue weighted by atomic mass is 10.1. The summed E-state index contributed by atoms with van der Waals surface area (Å²) in [4.78, 5) is 20.2. The van der Waals surface area contributed by atoms with Gasteiger partial charge in [-0.3, -0.25) is 9.78 Å². The molecule has 0 bridgehead atoms. The summed E-state index contributed by atoms with van der Waals surface area (Å²) in [6.07, 6.45) is 3.24. The van der Waals surface area contributed by atoms with Crippen molar-refractivity contribution in [2.24, 2.45) is 0 Å². The van der Waals surface area contributed by atoms with Gasteiger partial charge in [0.05, 0.1) is 11.2 Å². The molecule has 98 valence electrons. The van der Waals surface area contributed by atoms with Gasteiger partial charge in [0.25, 0.3) is 5.24 Å². The van der Waals surface area contributed by atoms with Crippen LogP contribution in [0.1, 0.15) is 10.4 Å². The molecule has 0 fully saturated rings. The van der Waals surface area contributed by atoms with Crippen molar-refractivity contribution in [2.45, 2.75) is 0 Å². The van der Waals surface area contributed by atoms with Gasteiger partial charge in [-0.2, -0.15) is 0 Å². The van der Waals surface area contributed by atoms with Crippen molar-refractivity contribution >= 4 is 43.7 Å². The second-order valence-electron chi connectivity index (χ2n) is 4.23. The van der Waals surface area contributed by atoms with Gasteiger partial charge in [0.15, 0.2) is 0 Å². The fourth-order valence-corrected chi connectivity index (χ4v) is 2.42. The Hall–Kier alpha value is -1.78. The maximum atomic E-state index is 11.6. The third kappa shape index (κ3) is 2.44. The van der Waals surface area contributed by atoms with Crippen LogP contribution in [0.4, 0.5) is 0 Å². The molecule has 0 atom stereocenters. The first-order valence-electron chi connectivity index (χ1n) is 5.86. The Bertz CT molecular complexity index is 803. The van der Waals surface area contributed by atoms with Gasteiger partial charge in [0.2, 0.25) is 0 Å². The average Bonchev–Trinajstić information content (AvgIpc) is 2.46. The number of hydrogen-bond acceptors (Lipinski definition) is 3. The summed E-state index contributed by atoms with van der Waals surface area (Å²) in [6.45, 7) is 0. The Morgan fingerprint density at radius 1 is 1.15 bits per heavy atom. The van der Waals surface area contributed by atoms with E-state index in [-0.39, 0.29) is 0 Å². The number of hydrogen-bond donors (Lipinski definition) is 0. The van der Waals surface area contributed by atoms with E-state index in [2.05, 4.69) is 25.9 Å². The van der Waals surface area contributed by atoms with E-state index in [4.69, 9.17) is 11.6 Å². The van der Waals surface area contributed by atoms with E-state index in [0.29, 0.717) is 22.2 Å². The molecule has 0 amide bonds. The summed E-state index contributed by atoms with van der Waals surface area (Å²) in [6, 6.07) is 11.2. The van der Waals surface area contributed by atoms with Crippen LogP contribution in [-0.4, -0.2) is 15.2 Å². The molecule has 1 aromatic carbocycles. The third-order valence-electron chi connectivity index (χ3n) is 2.96. The average molecular weight is 348 g/mol. The minimum absolute atomic E-state index is 0.419. The number of carbonyl (C=O) groups is 1. The van der Waals surface area contributed by atoms with Crippen LogP contribution in [0.15, 0.2) is 53.3 Å². The highest BCUT2D eigenvalue weighted by Gasteiger charge is 2.12. The molecule has 2 aromatic heterocycles. The van der Waals surface area contributed by atoms with E-state index in [0.717, 1.165) is 10.0 Å². The summed E-state index contributed by atoms with van der Waals surface area (Å²) in [5, 5.41) is 0.150. The number of benzene rings is 1. The van der Waals surface area contributed by atoms with Gasteiger partial charge in [-0.15, -0.1) is 0 Å². The van der Waals surface area contributed by atoms with Crippen LogP contribution in [0.2, 0.25) is 0 Å². The van der Waals surface area contributed by atoms with E-state index < -0.39 is 5.24 Å². The largest absolute Gasteiger partial charge is 0.276 e. The van der Waals surface area contributed by atoms with Gasteiger partial charge >= 0.3 is 0 Å². The predicted molar refractivity (Wildman–Crippen MR) is 82.9 cm³/mol. The van der Waals surface area contributed by atoms with E-state index in [1.54, 1.807) is 24.5 Å². The highest BCUT2D eigenvalue weighted by Crippen LogP contribution is 2.26. The molecular weight excluding hydrogens is 340 g/mol. The number of halogens is 2. The zero-order chi connectivity index (χ0) is 14.1. The smallest absolute Gasteiger partial charge is 0.253 e. The Morgan fingerprint density at radius 2 is 1.90 bits per heavy atom. The molecule has 0 aliphatic carbocycles. The van der Waals surface area contributed by atoms with Crippen molar-refractivity contribution in [1.82, 2.24) is 9.97 Å². The van der Waals surface area contributed by atoms with Crippen LogP contribution < -0.4 is 0 Å². The summed E-state index contributed by atoms with van der Waals surface area (Å²) in [7, 11) is 0. The third-order valence-corrected chi connectivity index (χ3v) is 3.69. The molecule has 0 saturated heterocycles. The van der Waals surface area contributed by atoms with Crippen LogP contribution in [-0.2, 0) is 0 Å². The Kier molecular flexibility index (Phi) is 3.51. The van der Waals surface area contributed by atoms with Crippen LogP contribution in [0.3, 0.4) is 0 Å². The first-order chi connectivity index (χ1) is 9.65. The van der Waals surface area contributed by atoms with Crippen molar-refractivity contribution in [2.75, 3.05) is 0 Å². The molecule has 0 spiro atoms. The minimum atomic E-state index is -0.510. The van der Waals surface area contributed by atoms with Crippen molar-refractivity contribution < 1.29 is 4.79 Å². The molecule has 3 aromatic rings. The summed E-state index contributed by atoms with van der Waals surface area (Å²) in [5.41, 5.74) is 2.75. The molecular formula is C15H8BrClN2O. The van der Waals surface area contributed by atoms with Crippen molar-refractivity contribution in [1.29, 1.82) is 0 Å². The van der Waals surface area contributed by atoms with Gasteiger partial charge in [0, 0.05) is 33.4 Å². The number of aromatic nitrogens is 2. The van der Waals surface area contributed by atoms with Gasteiger partial charge < -0.3 is 0 Å². The van der Waals surface area contributed by atoms with E-state index in [1.165, 1.54) is 0 Å². The Labute approximate surface area is 128 Å². The fourth-order valence-electron chi connectivity index (χ4n) is 2.00. The molecule has 0 aliphatic rings. The second-order valence-corrected chi connectivity index (χ2v) is 5.49. The molecule has 0 radical (unpaired) electrons. The SMILES string of the molecule is O=C(Cl)c1cc(-c2ccc(Br)cc2)nc2ccncc12. The van der Waals surface area contributed by atoms with E-state index in [9.17, 15) is 4.79 Å². The summed E-state index contributed by atoms with van der Waals surface area (Å²) < 4.78 is 0.986. The van der Waals surface area contributed by atoms with Crippen LogP contribution >= 0.6 is 27.5 Å². The van der Waals surface area contributed by atoms with Gasteiger partial charge in [0.1, 0.15) is 0 Å². The molecule has 0 aliphatic heterocycles. The quantitative estimate of drug-likeness (QED) is 0.644. The number of pyridine rings is 2. The molecule has 20 heavy (non-hydrogen) atoms. The Morgan fingerprint density at radius 3 is 2.60 bits per heavy atom. The summed E-state index contributed by atoms with van der Waals surface area (Å²) >= 11 is 9.06. The maximum absolute atomic E-state index is 11.6. The molecule has 3 rings (SSSR count). The predicted octanol–water partition coefficient (Wildman–Crippen LogP) is 4.44. The lowest BCUT2D eigenvalue weighted by molar-refractivity contribution is 0.108. The van der Waals surface area contributed by atoms with E-state index >= 15 is 0 Å². The molecule has 5 heteroatoms. The zero-order valence-corrected chi connectivity index (χ0v) is 12.5. The van der Waals surface area contributed by atoms with Gasteiger partial charge in [-0.1, -0.05) is 28.1 Å².